The minimum absolute atomic E-state index is 0.121. The van der Waals surface area contributed by atoms with Crippen molar-refractivity contribution in [3.63, 3.8) is 0 Å². The topological polar surface area (TPSA) is 64.6 Å². The molecule has 0 bridgehead atoms. The van der Waals surface area contributed by atoms with Gasteiger partial charge in [0.15, 0.2) is 0 Å². The number of carbonyl (C=O) groups is 2. The van der Waals surface area contributed by atoms with Crippen LogP contribution in [0.3, 0.4) is 0 Å². The van der Waals surface area contributed by atoms with Gasteiger partial charge in [0, 0.05) is 0 Å². The van der Waals surface area contributed by atoms with E-state index in [1.165, 1.54) is 0 Å². The Kier molecular flexibility index (Phi) is 5.97. The van der Waals surface area contributed by atoms with Crippen LogP contribution in [0, 0.1) is 12.8 Å². The van der Waals surface area contributed by atoms with E-state index in [4.69, 9.17) is 9.47 Å². The number of amides is 1. The van der Waals surface area contributed by atoms with Crippen molar-refractivity contribution in [2.45, 2.75) is 53.2 Å². The number of aryl methyl sites for hydroxylation is 1. The van der Waals surface area contributed by atoms with Crippen LogP contribution in [0.4, 0.5) is 4.79 Å². The average molecular weight is 307 g/mol. The summed E-state index contributed by atoms with van der Waals surface area (Å²) < 4.78 is 10.6. The van der Waals surface area contributed by atoms with Crippen molar-refractivity contribution >= 4 is 12.1 Å². The maximum atomic E-state index is 12.3. The number of carbonyl (C=O) groups excluding carboxylic acids is 2. The van der Waals surface area contributed by atoms with Crippen LogP contribution in [0.15, 0.2) is 24.3 Å². The average Bonchev–Trinajstić information content (AvgIpc) is 2.36. The second-order valence-electron chi connectivity index (χ2n) is 6.55. The van der Waals surface area contributed by atoms with E-state index in [0.717, 1.165) is 5.56 Å². The number of ether oxygens (including phenoxy) is 2. The number of rotatable bonds is 4. The Labute approximate surface area is 132 Å². The summed E-state index contributed by atoms with van der Waals surface area (Å²) in [6, 6.07) is 6.47. The molecular formula is C17H25NO4. The zero-order valence-electron chi connectivity index (χ0n) is 14.1. The first-order chi connectivity index (χ1) is 10.1. The molecule has 1 amide bonds. The van der Waals surface area contributed by atoms with Crippen LogP contribution in [-0.4, -0.2) is 23.7 Å². The van der Waals surface area contributed by atoms with E-state index in [9.17, 15) is 9.59 Å². The second kappa shape index (κ2) is 7.29. The molecule has 0 saturated heterocycles. The van der Waals surface area contributed by atoms with Crippen LogP contribution in [0.5, 0.6) is 5.75 Å². The summed E-state index contributed by atoms with van der Waals surface area (Å²) in [5, 5.41) is 2.58. The molecule has 122 valence electrons. The molecule has 1 aromatic carbocycles. The Bertz CT molecular complexity index is 532. The normalized spacial score (nSPS) is 12.7. The van der Waals surface area contributed by atoms with Crippen LogP contribution in [-0.2, 0) is 9.53 Å². The van der Waals surface area contributed by atoms with E-state index >= 15 is 0 Å². The van der Waals surface area contributed by atoms with Gasteiger partial charge < -0.3 is 14.8 Å². The highest BCUT2D eigenvalue weighted by Gasteiger charge is 2.28. The molecule has 0 aliphatic rings. The molecule has 1 unspecified atom stereocenters. The van der Waals surface area contributed by atoms with E-state index in [1.54, 1.807) is 32.9 Å². The molecule has 1 aromatic rings. The van der Waals surface area contributed by atoms with E-state index in [1.807, 2.05) is 32.9 Å². The Hall–Kier alpha value is -2.04. The van der Waals surface area contributed by atoms with Gasteiger partial charge in [0.05, 0.1) is 0 Å². The molecule has 0 spiro atoms. The summed E-state index contributed by atoms with van der Waals surface area (Å²) in [7, 11) is 0. The second-order valence-corrected chi connectivity index (χ2v) is 6.55. The summed E-state index contributed by atoms with van der Waals surface area (Å²) in [4.78, 5) is 24.2. The number of hydrogen-bond acceptors (Lipinski definition) is 4. The lowest BCUT2D eigenvalue weighted by atomic mass is 10.1. The maximum absolute atomic E-state index is 12.3. The van der Waals surface area contributed by atoms with E-state index in [0.29, 0.717) is 5.75 Å². The molecule has 0 aliphatic carbocycles. The molecule has 0 aromatic heterocycles. The standard InChI is InChI=1S/C17H25NO4/c1-11(2)14(18-16(20)22-17(4,5)6)15(19)21-13-10-8-7-9-12(13)3/h7-11,14H,1-6H3,(H,18,20). The third-order valence-electron chi connectivity index (χ3n) is 2.90. The summed E-state index contributed by atoms with van der Waals surface area (Å²) in [6.45, 7) is 10.8. The zero-order chi connectivity index (χ0) is 16.9. The molecule has 0 fully saturated rings. The zero-order valence-corrected chi connectivity index (χ0v) is 14.1. The number of alkyl carbamates (subject to hydrolysis) is 1. The predicted octanol–water partition coefficient (Wildman–Crippen LogP) is 3.45. The van der Waals surface area contributed by atoms with Crippen molar-refractivity contribution in [3.8, 4) is 5.75 Å². The first-order valence-electron chi connectivity index (χ1n) is 7.37. The van der Waals surface area contributed by atoms with Gasteiger partial charge in [-0.1, -0.05) is 32.0 Å². The quantitative estimate of drug-likeness (QED) is 0.683. The lowest BCUT2D eigenvalue weighted by Gasteiger charge is -2.24. The Morgan fingerprint density at radius 3 is 2.23 bits per heavy atom. The summed E-state index contributed by atoms with van der Waals surface area (Å²) in [5.74, 6) is -0.136. The third-order valence-corrected chi connectivity index (χ3v) is 2.90. The van der Waals surface area contributed by atoms with Gasteiger partial charge in [0.25, 0.3) is 0 Å². The van der Waals surface area contributed by atoms with Crippen molar-refractivity contribution in [3.05, 3.63) is 29.8 Å². The van der Waals surface area contributed by atoms with Gasteiger partial charge in [0.1, 0.15) is 17.4 Å². The Balaban J connectivity index is 2.77. The van der Waals surface area contributed by atoms with Crippen molar-refractivity contribution in [2.75, 3.05) is 0 Å². The van der Waals surface area contributed by atoms with Crippen LogP contribution in [0.1, 0.15) is 40.2 Å². The van der Waals surface area contributed by atoms with Gasteiger partial charge in [0.2, 0.25) is 0 Å². The fourth-order valence-corrected chi connectivity index (χ4v) is 1.78. The molecular weight excluding hydrogens is 282 g/mol. The molecule has 1 N–H and O–H groups in total. The van der Waals surface area contributed by atoms with Gasteiger partial charge in [-0.15, -0.1) is 0 Å². The SMILES string of the molecule is Cc1ccccc1OC(=O)C(NC(=O)OC(C)(C)C)C(C)C. The fraction of sp³-hybridized carbons (Fsp3) is 0.529. The molecule has 0 radical (unpaired) electrons. The van der Waals surface area contributed by atoms with E-state index < -0.39 is 23.7 Å². The summed E-state index contributed by atoms with van der Waals surface area (Å²) in [6.07, 6.45) is -0.632. The van der Waals surface area contributed by atoms with Gasteiger partial charge in [-0.3, -0.25) is 0 Å². The number of esters is 1. The summed E-state index contributed by atoms with van der Waals surface area (Å²) in [5.41, 5.74) is 0.238. The van der Waals surface area contributed by atoms with Crippen LogP contribution in [0.25, 0.3) is 0 Å². The van der Waals surface area contributed by atoms with Gasteiger partial charge in [-0.05, 0) is 45.2 Å². The smallest absolute Gasteiger partial charge is 0.408 e. The van der Waals surface area contributed by atoms with Crippen molar-refractivity contribution < 1.29 is 19.1 Å². The predicted molar refractivity (Wildman–Crippen MR) is 84.8 cm³/mol. The summed E-state index contributed by atoms with van der Waals surface area (Å²) >= 11 is 0. The minimum atomic E-state index is -0.769. The Morgan fingerprint density at radius 1 is 1.14 bits per heavy atom. The minimum Gasteiger partial charge on any atom is -0.444 e. The van der Waals surface area contributed by atoms with Crippen LogP contribution >= 0.6 is 0 Å². The van der Waals surface area contributed by atoms with Gasteiger partial charge in [-0.25, -0.2) is 9.59 Å². The number of nitrogens with one attached hydrogen (secondary N) is 1. The third kappa shape index (κ3) is 5.76. The highest BCUT2D eigenvalue weighted by Crippen LogP contribution is 2.18. The van der Waals surface area contributed by atoms with Crippen molar-refractivity contribution in [1.82, 2.24) is 5.32 Å². The lowest BCUT2D eigenvalue weighted by molar-refractivity contribution is -0.138. The first-order valence-corrected chi connectivity index (χ1v) is 7.37. The first kappa shape index (κ1) is 18.0. The highest BCUT2D eigenvalue weighted by atomic mass is 16.6. The molecule has 1 atom stereocenters. The van der Waals surface area contributed by atoms with Gasteiger partial charge in [-0.2, -0.15) is 0 Å². The molecule has 1 rings (SSSR count). The molecule has 0 heterocycles. The van der Waals surface area contributed by atoms with Gasteiger partial charge >= 0.3 is 12.1 Å². The van der Waals surface area contributed by atoms with Crippen LogP contribution < -0.4 is 10.1 Å². The van der Waals surface area contributed by atoms with E-state index in [2.05, 4.69) is 5.32 Å². The molecule has 0 aliphatic heterocycles. The van der Waals surface area contributed by atoms with Crippen LogP contribution in [0.2, 0.25) is 0 Å². The molecule has 0 saturated carbocycles. The number of para-hydroxylation sites is 1. The highest BCUT2D eigenvalue weighted by molar-refractivity contribution is 5.83. The largest absolute Gasteiger partial charge is 0.444 e. The van der Waals surface area contributed by atoms with E-state index in [-0.39, 0.29) is 5.92 Å². The molecule has 5 heteroatoms. The monoisotopic (exact) mass is 307 g/mol. The number of hydrogen-bond donors (Lipinski definition) is 1. The molecule has 5 nitrogen and oxygen atoms in total. The fourth-order valence-electron chi connectivity index (χ4n) is 1.78. The Morgan fingerprint density at radius 2 is 1.73 bits per heavy atom. The molecule has 22 heavy (non-hydrogen) atoms. The van der Waals surface area contributed by atoms with Crippen molar-refractivity contribution in [1.29, 1.82) is 0 Å². The number of benzene rings is 1. The van der Waals surface area contributed by atoms with Crippen molar-refractivity contribution in [2.24, 2.45) is 5.92 Å². The maximum Gasteiger partial charge on any atom is 0.408 e. The lowest BCUT2D eigenvalue weighted by Crippen LogP contribution is -2.48.